The third-order valence-electron chi connectivity index (χ3n) is 6.00. The first-order chi connectivity index (χ1) is 15.6. The first-order valence-electron chi connectivity index (χ1n) is 10.7. The van der Waals surface area contributed by atoms with Crippen LogP contribution in [0.25, 0.3) is 5.69 Å². The van der Waals surface area contributed by atoms with Crippen LogP contribution in [0.4, 0.5) is 4.39 Å². The molecule has 0 N–H and O–H groups in total. The van der Waals surface area contributed by atoms with Gasteiger partial charge in [-0.25, -0.2) is 14.1 Å². The summed E-state index contributed by atoms with van der Waals surface area (Å²) in [4.78, 5) is 19.2. The van der Waals surface area contributed by atoms with Crippen LogP contribution in [-0.4, -0.2) is 50.5 Å². The van der Waals surface area contributed by atoms with Crippen LogP contribution in [0.3, 0.4) is 0 Å². The Kier molecular flexibility index (Phi) is 5.57. The Labute approximate surface area is 185 Å². The topological polar surface area (TPSA) is 82.4 Å². The molecule has 2 aromatic heterocycles. The summed E-state index contributed by atoms with van der Waals surface area (Å²) in [7, 11) is 0. The number of hydrogen-bond donors (Lipinski definition) is 0. The van der Waals surface area contributed by atoms with Crippen molar-refractivity contribution in [1.29, 1.82) is 0 Å². The number of pyridine rings is 1. The van der Waals surface area contributed by atoms with Crippen LogP contribution in [0, 0.1) is 18.7 Å². The molecular formula is C23H24FN5O3. The molecule has 0 radical (unpaired) electrons. The molecule has 1 atom stereocenters. The Balaban J connectivity index is 1.27. The van der Waals surface area contributed by atoms with Crippen LogP contribution in [0.2, 0.25) is 0 Å². The SMILES string of the molecule is Cc1nnn(-c2ccc(F)cc2)c1COc1ccc2c(n1)CCN(C(=O)[C@H]1CCOC1)C2. The largest absolute Gasteiger partial charge is 0.471 e. The average molecular weight is 437 g/mol. The highest BCUT2D eigenvalue weighted by Crippen LogP contribution is 2.24. The lowest BCUT2D eigenvalue weighted by molar-refractivity contribution is -0.136. The van der Waals surface area contributed by atoms with Crippen LogP contribution in [0.5, 0.6) is 5.88 Å². The zero-order valence-electron chi connectivity index (χ0n) is 17.8. The maximum atomic E-state index is 13.3. The summed E-state index contributed by atoms with van der Waals surface area (Å²) in [5, 5.41) is 8.28. The van der Waals surface area contributed by atoms with Crippen molar-refractivity contribution in [3.05, 3.63) is 64.9 Å². The van der Waals surface area contributed by atoms with Gasteiger partial charge in [0.15, 0.2) is 0 Å². The third-order valence-corrected chi connectivity index (χ3v) is 6.00. The number of aryl methyl sites for hydroxylation is 1. The number of carbonyl (C=O) groups excluding carboxylic acids is 1. The van der Waals surface area contributed by atoms with Crippen LogP contribution >= 0.6 is 0 Å². The van der Waals surface area contributed by atoms with Crippen molar-refractivity contribution in [1.82, 2.24) is 24.9 Å². The second-order valence-electron chi connectivity index (χ2n) is 8.12. The predicted octanol–water partition coefficient (Wildman–Crippen LogP) is 2.61. The summed E-state index contributed by atoms with van der Waals surface area (Å²) >= 11 is 0. The number of rotatable bonds is 5. The predicted molar refractivity (Wildman–Crippen MR) is 113 cm³/mol. The molecule has 4 heterocycles. The van der Waals surface area contributed by atoms with Crippen molar-refractivity contribution in [2.24, 2.45) is 5.92 Å². The Bertz CT molecular complexity index is 1130. The molecule has 0 aliphatic carbocycles. The van der Waals surface area contributed by atoms with Gasteiger partial charge >= 0.3 is 0 Å². The second kappa shape index (κ2) is 8.66. The summed E-state index contributed by atoms with van der Waals surface area (Å²) in [5.74, 6) is 0.359. The van der Waals surface area contributed by atoms with Crippen LogP contribution < -0.4 is 4.74 Å². The second-order valence-corrected chi connectivity index (χ2v) is 8.12. The van der Waals surface area contributed by atoms with Gasteiger partial charge in [-0.1, -0.05) is 11.3 Å². The fourth-order valence-electron chi connectivity index (χ4n) is 4.13. The zero-order chi connectivity index (χ0) is 22.1. The molecule has 2 aliphatic heterocycles. The lowest BCUT2D eigenvalue weighted by atomic mass is 10.0. The maximum absolute atomic E-state index is 13.3. The van der Waals surface area contributed by atoms with E-state index < -0.39 is 0 Å². The van der Waals surface area contributed by atoms with E-state index in [0.717, 1.165) is 29.1 Å². The van der Waals surface area contributed by atoms with Crippen LogP contribution in [0.15, 0.2) is 36.4 Å². The lowest BCUT2D eigenvalue weighted by Crippen LogP contribution is -2.40. The van der Waals surface area contributed by atoms with Gasteiger partial charge in [-0.3, -0.25) is 4.79 Å². The molecule has 0 saturated carbocycles. The molecule has 32 heavy (non-hydrogen) atoms. The summed E-state index contributed by atoms with van der Waals surface area (Å²) in [6, 6.07) is 9.87. The molecule has 1 aromatic carbocycles. The average Bonchev–Trinajstić information content (AvgIpc) is 3.47. The quantitative estimate of drug-likeness (QED) is 0.610. The van der Waals surface area contributed by atoms with Crippen molar-refractivity contribution < 1.29 is 18.7 Å². The third kappa shape index (κ3) is 4.08. The van der Waals surface area contributed by atoms with Crippen molar-refractivity contribution in [3.63, 3.8) is 0 Å². The minimum atomic E-state index is -0.307. The number of halogens is 1. The maximum Gasteiger partial charge on any atom is 0.228 e. The van der Waals surface area contributed by atoms with Gasteiger partial charge in [0.25, 0.3) is 0 Å². The molecule has 166 valence electrons. The minimum absolute atomic E-state index is 0.0186. The standard InChI is InChI=1S/C23H24FN5O3/c1-15-21(29(27-26-15)19-5-3-18(24)4-6-19)14-32-22-7-2-16-12-28(10-8-20(16)25-22)23(30)17-9-11-31-13-17/h2-7,17H,8-14H2,1H3/t17-/m0/s1. The highest BCUT2D eigenvalue weighted by molar-refractivity contribution is 5.79. The number of aromatic nitrogens is 4. The van der Waals surface area contributed by atoms with Gasteiger partial charge in [-0.2, -0.15) is 0 Å². The molecule has 5 rings (SSSR count). The van der Waals surface area contributed by atoms with Crippen molar-refractivity contribution in [2.75, 3.05) is 19.8 Å². The number of ether oxygens (including phenoxy) is 2. The Hall–Kier alpha value is -3.33. The van der Waals surface area contributed by atoms with E-state index in [1.807, 2.05) is 24.0 Å². The summed E-state index contributed by atoms with van der Waals surface area (Å²) in [6.45, 7) is 4.49. The number of fused-ring (bicyclic) bond motifs is 1. The summed E-state index contributed by atoms with van der Waals surface area (Å²) in [5.41, 5.74) is 4.21. The molecule has 0 spiro atoms. The van der Waals surface area contributed by atoms with Gasteiger partial charge in [0.2, 0.25) is 11.8 Å². The van der Waals surface area contributed by atoms with Crippen molar-refractivity contribution in [2.45, 2.75) is 32.9 Å². The van der Waals surface area contributed by atoms with E-state index in [0.29, 0.717) is 44.3 Å². The monoisotopic (exact) mass is 437 g/mol. The smallest absolute Gasteiger partial charge is 0.228 e. The molecule has 1 fully saturated rings. The molecule has 0 unspecified atom stereocenters. The molecule has 1 saturated heterocycles. The van der Waals surface area contributed by atoms with E-state index in [4.69, 9.17) is 9.47 Å². The number of carbonyl (C=O) groups is 1. The highest BCUT2D eigenvalue weighted by Gasteiger charge is 2.30. The van der Waals surface area contributed by atoms with Gasteiger partial charge in [0.1, 0.15) is 18.1 Å². The lowest BCUT2D eigenvalue weighted by Gasteiger charge is -2.30. The van der Waals surface area contributed by atoms with Gasteiger partial charge in [-0.15, -0.1) is 5.10 Å². The van der Waals surface area contributed by atoms with Gasteiger partial charge in [-0.05, 0) is 43.2 Å². The number of nitrogens with zero attached hydrogens (tertiary/aromatic N) is 5. The van der Waals surface area contributed by atoms with E-state index in [2.05, 4.69) is 15.3 Å². The summed E-state index contributed by atoms with van der Waals surface area (Å²) < 4.78 is 26.2. The zero-order valence-corrected chi connectivity index (χ0v) is 17.8. The van der Waals surface area contributed by atoms with Gasteiger partial charge < -0.3 is 14.4 Å². The van der Waals surface area contributed by atoms with Crippen molar-refractivity contribution in [3.8, 4) is 11.6 Å². The Morgan fingerprint density at radius 2 is 2.09 bits per heavy atom. The van der Waals surface area contributed by atoms with E-state index in [-0.39, 0.29) is 24.2 Å². The van der Waals surface area contributed by atoms with Gasteiger partial charge in [0.05, 0.1) is 29.6 Å². The van der Waals surface area contributed by atoms with Crippen LogP contribution in [0.1, 0.15) is 29.1 Å². The van der Waals surface area contributed by atoms with E-state index in [1.165, 1.54) is 12.1 Å². The van der Waals surface area contributed by atoms with E-state index in [1.54, 1.807) is 16.8 Å². The van der Waals surface area contributed by atoms with Gasteiger partial charge in [0, 0.05) is 32.2 Å². The molecule has 0 bridgehead atoms. The normalized spacial score (nSPS) is 17.9. The number of hydrogen-bond acceptors (Lipinski definition) is 6. The molecule has 9 heteroatoms. The van der Waals surface area contributed by atoms with E-state index >= 15 is 0 Å². The van der Waals surface area contributed by atoms with Crippen molar-refractivity contribution >= 4 is 5.91 Å². The fourth-order valence-corrected chi connectivity index (χ4v) is 4.13. The Morgan fingerprint density at radius 1 is 1.25 bits per heavy atom. The summed E-state index contributed by atoms with van der Waals surface area (Å²) in [6.07, 6.45) is 1.50. The number of benzene rings is 1. The van der Waals surface area contributed by atoms with E-state index in [9.17, 15) is 9.18 Å². The molecule has 8 nitrogen and oxygen atoms in total. The minimum Gasteiger partial charge on any atom is -0.471 e. The molecule has 2 aliphatic rings. The molecule has 3 aromatic rings. The Morgan fingerprint density at radius 3 is 2.88 bits per heavy atom. The number of amides is 1. The van der Waals surface area contributed by atoms with Crippen LogP contribution in [-0.2, 0) is 29.1 Å². The first-order valence-corrected chi connectivity index (χ1v) is 10.7. The molecule has 1 amide bonds. The fraction of sp³-hybridized carbons (Fsp3) is 0.391. The molecular weight excluding hydrogens is 413 g/mol. The first kappa shape index (κ1) is 20.6. The highest BCUT2D eigenvalue weighted by atomic mass is 19.1.